The Morgan fingerprint density at radius 3 is 2.48 bits per heavy atom. The van der Waals surface area contributed by atoms with Crippen LogP contribution in [0.2, 0.25) is 0 Å². The zero-order valence-corrected chi connectivity index (χ0v) is 30.2. The van der Waals surface area contributed by atoms with Crippen LogP contribution in [0.5, 0.6) is 11.6 Å². The van der Waals surface area contributed by atoms with Gasteiger partial charge in [0.25, 0.3) is 17.7 Å². The number of hydrogen-bond acceptors (Lipinski definition) is 11. The van der Waals surface area contributed by atoms with Gasteiger partial charge >= 0.3 is 10.2 Å². The lowest BCUT2D eigenvalue weighted by molar-refractivity contribution is -0.133. The normalized spacial score (nSPS) is 22.7. The molecule has 0 bridgehead atoms. The first-order valence-electron chi connectivity index (χ1n) is 16.4. The smallest absolute Gasteiger partial charge is 0.303 e. The van der Waals surface area contributed by atoms with Crippen LogP contribution < -0.4 is 24.8 Å². The van der Waals surface area contributed by atoms with Crippen molar-refractivity contribution >= 4 is 44.5 Å². The summed E-state index contributed by atoms with van der Waals surface area (Å²) in [5.41, 5.74) is 6.25. The predicted octanol–water partition coefficient (Wildman–Crippen LogP) is 2.49. The van der Waals surface area contributed by atoms with Crippen molar-refractivity contribution in [2.24, 2.45) is 17.6 Å². The Morgan fingerprint density at radius 2 is 1.88 bits per heavy atom. The zero-order chi connectivity index (χ0) is 36.7. The van der Waals surface area contributed by atoms with E-state index in [0.29, 0.717) is 22.7 Å². The Hall–Kier alpha value is -4.44. The van der Waals surface area contributed by atoms with E-state index in [1.54, 1.807) is 57.2 Å². The van der Waals surface area contributed by atoms with E-state index in [4.69, 9.17) is 15.2 Å². The predicted molar refractivity (Wildman–Crippen MR) is 189 cm³/mol. The lowest BCUT2D eigenvalue weighted by Gasteiger charge is -2.35. The Kier molecular flexibility index (Phi) is 10.4. The van der Waals surface area contributed by atoms with Gasteiger partial charge in [-0.15, -0.1) is 6.58 Å². The van der Waals surface area contributed by atoms with Gasteiger partial charge in [0.2, 0.25) is 5.88 Å². The Bertz CT molecular complexity index is 1920. The highest BCUT2D eigenvalue weighted by atomic mass is 32.2. The number of carbonyl (C=O) groups is 3. The SMILES string of the molecule is C=C[C@@H]1C[C@@]1(C(=O)NS(=O)(=O)N(C)C)N1C[C@H](Oc2nccc3cc(OC)ccc23)C[C@H]1C(=O)N(C(=O)[C@@H](N)C(C)C)c1cc(C)cc(C)n1. The van der Waals surface area contributed by atoms with Crippen LogP contribution in [0.25, 0.3) is 10.8 Å². The fourth-order valence-corrected chi connectivity index (χ4v) is 7.08. The van der Waals surface area contributed by atoms with Crippen molar-refractivity contribution in [1.82, 2.24) is 23.9 Å². The number of carbonyl (C=O) groups excluding carboxylic acids is 3. The summed E-state index contributed by atoms with van der Waals surface area (Å²) >= 11 is 0. The summed E-state index contributed by atoms with van der Waals surface area (Å²) in [6, 6.07) is 8.56. The summed E-state index contributed by atoms with van der Waals surface area (Å²) in [5.74, 6) is -1.88. The maximum Gasteiger partial charge on any atom is 0.303 e. The largest absolute Gasteiger partial charge is 0.497 e. The van der Waals surface area contributed by atoms with E-state index in [2.05, 4.69) is 21.3 Å². The maximum absolute atomic E-state index is 14.9. The molecule has 5 rings (SSSR count). The second-order valence-electron chi connectivity index (χ2n) is 13.5. The Labute approximate surface area is 292 Å². The van der Waals surface area contributed by atoms with Gasteiger partial charge in [0, 0.05) is 50.3 Å². The van der Waals surface area contributed by atoms with Gasteiger partial charge in [0.15, 0.2) is 0 Å². The number of nitrogens with zero attached hydrogens (tertiary/aromatic N) is 5. The summed E-state index contributed by atoms with van der Waals surface area (Å²) < 4.78 is 40.6. The van der Waals surface area contributed by atoms with E-state index in [-0.39, 0.29) is 31.1 Å². The summed E-state index contributed by atoms with van der Waals surface area (Å²) in [6.07, 6.45) is 2.70. The molecule has 15 heteroatoms. The van der Waals surface area contributed by atoms with Crippen LogP contribution in [0.4, 0.5) is 5.82 Å². The molecule has 0 unspecified atom stereocenters. The molecule has 268 valence electrons. The number of nitrogens with one attached hydrogen (secondary N) is 1. The number of amides is 3. The molecule has 3 N–H and O–H groups in total. The maximum atomic E-state index is 14.9. The average molecular weight is 708 g/mol. The molecule has 1 aliphatic carbocycles. The number of likely N-dealkylation sites (tertiary alicyclic amines) is 1. The minimum Gasteiger partial charge on any atom is -0.497 e. The van der Waals surface area contributed by atoms with Crippen molar-refractivity contribution in [1.29, 1.82) is 0 Å². The number of anilines is 1. The molecule has 5 atom stereocenters. The molecule has 1 saturated carbocycles. The van der Waals surface area contributed by atoms with E-state index in [1.807, 2.05) is 31.2 Å². The molecule has 2 aromatic heterocycles. The number of rotatable bonds is 12. The Morgan fingerprint density at radius 1 is 1.16 bits per heavy atom. The fraction of sp³-hybridized carbons (Fsp3) is 0.457. The second kappa shape index (κ2) is 14.1. The molecule has 1 saturated heterocycles. The lowest BCUT2D eigenvalue weighted by Crippen LogP contribution is -2.60. The summed E-state index contributed by atoms with van der Waals surface area (Å²) in [4.78, 5) is 54.7. The highest BCUT2D eigenvalue weighted by Crippen LogP contribution is 2.53. The van der Waals surface area contributed by atoms with E-state index < -0.39 is 57.6 Å². The van der Waals surface area contributed by atoms with Gasteiger partial charge in [0.1, 0.15) is 23.2 Å². The number of nitrogens with two attached hydrogens (primary N) is 1. The number of aryl methyl sites for hydroxylation is 2. The molecule has 0 radical (unpaired) electrons. The molecule has 2 aliphatic rings. The van der Waals surface area contributed by atoms with Crippen molar-refractivity contribution in [3.05, 3.63) is 66.5 Å². The van der Waals surface area contributed by atoms with Gasteiger partial charge < -0.3 is 15.2 Å². The number of benzene rings is 1. The molecule has 0 spiro atoms. The van der Waals surface area contributed by atoms with Gasteiger partial charge in [-0.05, 0) is 73.5 Å². The van der Waals surface area contributed by atoms with Crippen LogP contribution in [-0.2, 0) is 24.6 Å². The minimum atomic E-state index is -4.19. The summed E-state index contributed by atoms with van der Waals surface area (Å²) in [6.45, 7) is 11.1. The number of imide groups is 1. The number of methoxy groups -OCH3 is 1. The van der Waals surface area contributed by atoms with Crippen molar-refractivity contribution < 1.29 is 32.3 Å². The van der Waals surface area contributed by atoms with Crippen LogP contribution in [0, 0.1) is 25.7 Å². The van der Waals surface area contributed by atoms with Crippen LogP contribution in [-0.4, -0.2) is 96.8 Å². The van der Waals surface area contributed by atoms with Gasteiger partial charge in [-0.3, -0.25) is 19.3 Å². The Balaban J connectivity index is 1.61. The first-order chi connectivity index (χ1) is 23.5. The third kappa shape index (κ3) is 6.95. The van der Waals surface area contributed by atoms with Gasteiger partial charge in [-0.25, -0.2) is 19.6 Å². The summed E-state index contributed by atoms with van der Waals surface area (Å²) in [5, 5.41) is 1.52. The number of ether oxygens (including phenoxy) is 2. The molecule has 3 amide bonds. The molecule has 3 heterocycles. The molecular weight excluding hydrogens is 662 g/mol. The molecule has 50 heavy (non-hydrogen) atoms. The molecular formula is C35H45N7O7S. The second-order valence-corrected chi connectivity index (χ2v) is 15.3. The first-order valence-corrected chi connectivity index (χ1v) is 17.8. The molecule has 1 aliphatic heterocycles. The third-order valence-electron chi connectivity index (χ3n) is 9.40. The van der Waals surface area contributed by atoms with E-state index >= 15 is 0 Å². The summed E-state index contributed by atoms with van der Waals surface area (Å²) in [7, 11) is -0.0104. The van der Waals surface area contributed by atoms with Gasteiger partial charge in [0.05, 0.1) is 19.2 Å². The third-order valence-corrected chi connectivity index (χ3v) is 10.8. The van der Waals surface area contributed by atoms with Gasteiger partial charge in [-0.2, -0.15) is 12.7 Å². The van der Waals surface area contributed by atoms with Crippen molar-refractivity contribution in [3.63, 3.8) is 0 Å². The number of fused-ring (bicyclic) bond motifs is 1. The number of hydrogen-bond donors (Lipinski definition) is 2. The van der Waals surface area contributed by atoms with Crippen LogP contribution >= 0.6 is 0 Å². The highest BCUT2D eigenvalue weighted by molar-refractivity contribution is 7.87. The minimum absolute atomic E-state index is 0.0307. The quantitative estimate of drug-likeness (QED) is 0.265. The molecule has 2 fully saturated rings. The van der Waals surface area contributed by atoms with E-state index in [1.165, 1.54) is 14.1 Å². The molecule has 14 nitrogen and oxygen atoms in total. The molecule has 1 aromatic carbocycles. The van der Waals surface area contributed by atoms with Crippen LogP contribution in [0.1, 0.15) is 37.9 Å². The average Bonchev–Trinajstić information content (AvgIpc) is 3.66. The fourth-order valence-electron chi connectivity index (χ4n) is 6.49. The van der Waals surface area contributed by atoms with E-state index in [0.717, 1.165) is 20.2 Å². The standard InChI is InChI=1S/C35H45N7O7S/c1-9-24-18-35(24,34(45)39-50(46,47)40(6)7)41-19-26(49-31-27-11-10-25(48-8)16-23(27)12-13-37-31)17-28(41)32(43)42(33(44)30(36)20(2)3)29-15-21(4)14-22(5)38-29/h9-16,20,24,26,28,30H,1,17-19,36H2,2-8H3,(H,39,45)/t24-,26-,28+,30+,35-/m1/s1. The van der Waals surface area contributed by atoms with Crippen LogP contribution in [0.15, 0.2) is 55.3 Å². The zero-order valence-electron chi connectivity index (χ0n) is 29.4. The van der Waals surface area contributed by atoms with Crippen molar-refractivity contribution in [2.75, 3.05) is 32.6 Å². The van der Waals surface area contributed by atoms with Crippen LogP contribution in [0.3, 0.4) is 0 Å². The highest BCUT2D eigenvalue weighted by Gasteiger charge is 2.67. The van der Waals surface area contributed by atoms with E-state index in [9.17, 15) is 22.8 Å². The number of aromatic nitrogens is 2. The number of pyridine rings is 2. The van der Waals surface area contributed by atoms with Gasteiger partial charge in [-0.1, -0.05) is 19.9 Å². The molecule has 3 aromatic rings. The topological polar surface area (TPSA) is 177 Å². The first kappa shape index (κ1) is 36.8. The monoisotopic (exact) mass is 707 g/mol. The van der Waals surface area contributed by atoms with Crippen molar-refractivity contribution in [2.45, 2.75) is 64.3 Å². The van der Waals surface area contributed by atoms with Crippen molar-refractivity contribution in [3.8, 4) is 11.6 Å². The lowest BCUT2D eigenvalue weighted by atomic mass is 10.0.